The molecule has 1 saturated heterocycles. The zero-order valence-corrected chi connectivity index (χ0v) is 12.1. The van der Waals surface area contributed by atoms with Gasteiger partial charge in [0.2, 0.25) is 0 Å². The molecule has 0 bridgehead atoms. The van der Waals surface area contributed by atoms with Crippen LogP contribution in [0.3, 0.4) is 0 Å². The highest BCUT2D eigenvalue weighted by Gasteiger charge is 2.36. The van der Waals surface area contributed by atoms with Crippen LogP contribution < -0.4 is 0 Å². The summed E-state index contributed by atoms with van der Waals surface area (Å²) in [6.45, 7) is 0. The van der Waals surface area contributed by atoms with Gasteiger partial charge >= 0.3 is 5.97 Å². The van der Waals surface area contributed by atoms with E-state index in [9.17, 15) is 14.7 Å². The van der Waals surface area contributed by atoms with E-state index in [2.05, 4.69) is 0 Å². The van der Waals surface area contributed by atoms with Crippen molar-refractivity contribution in [2.45, 2.75) is 6.04 Å². The second-order valence-electron chi connectivity index (χ2n) is 4.35. The maximum Gasteiger partial charge on any atom is 0.327 e. The molecule has 0 saturated carbocycles. The monoisotopic (exact) mass is 308 g/mol. The first-order valence-corrected chi connectivity index (χ1v) is 8.04. The maximum atomic E-state index is 12.6. The molecule has 7 heteroatoms. The highest BCUT2D eigenvalue weighted by Crippen LogP contribution is 2.28. The lowest BCUT2D eigenvalue weighted by molar-refractivity contribution is -0.140. The molecule has 1 aliphatic rings. The molecule has 1 N–H and O–H groups in total. The van der Waals surface area contributed by atoms with Gasteiger partial charge < -0.3 is 14.6 Å². The molecule has 104 valence electrons. The van der Waals surface area contributed by atoms with Gasteiger partial charge in [-0.2, -0.15) is 0 Å². The van der Waals surface area contributed by atoms with Crippen molar-refractivity contribution in [2.24, 2.45) is 0 Å². The smallest absolute Gasteiger partial charge is 0.327 e. The first kappa shape index (κ1) is 13.3. The Balaban J connectivity index is 1.92. The van der Waals surface area contributed by atoms with Crippen molar-refractivity contribution in [3.05, 3.63) is 40.8 Å². The number of carboxylic acids is 1. The molecule has 2 aromatic heterocycles. The largest absolute Gasteiger partial charge is 0.480 e. The molecule has 0 spiro atoms. The number of carbonyl (C=O) groups excluding carboxylic acids is 1. The van der Waals surface area contributed by atoms with E-state index in [1.165, 1.54) is 28.0 Å². The number of carboxylic acid groups (broad SMARTS) is 1. The zero-order valence-electron chi connectivity index (χ0n) is 10.4. The van der Waals surface area contributed by atoms with Gasteiger partial charge in [0.15, 0.2) is 0 Å². The van der Waals surface area contributed by atoms with Crippen molar-refractivity contribution in [1.82, 2.24) is 9.47 Å². The van der Waals surface area contributed by atoms with Crippen LogP contribution >= 0.6 is 23.1 Å². The highest BCUT2D eigenvalue weighted by atomic mass is 32.2. The molecule has 3 rings (SSSR count). The SMILES string of the molecule is O=C(O)C1CSCN1C(=O)c1sccc1-n1cccc1. The minimum absolute atomic E-state index is 0.207. The average molecular weight is 308 g/mol. The first-order chi connectivity index (χ1) is 9.68. The number of rotatable bonds is 3. The van der Waals surface area contributed by atoms with E-state index >= 15 is 0 Å². The molecule has 3 heterocycles. The number of aromatic nitrogens is 1. The van der Waals surface area contributed by atoms with Gasteiger partial charge in [0.1, 0.15) is 10.9 Å². The summed E-state index contributed by atoms with van der Waals surface area (Å²) >= 11 is 2.81. The number of carbonyl (C=O) groups is 2. The lowest BCUT2D eigenvalue weighted by atomic mass is 10.2. The van der Waals surface area contributed by atoms with E-state index < -0.39 is 12.0 Å². The topological polar surface area (TPSA) is 62.5 Å². The van der Waals surface area contributed by atoms with Crippen molar-refractivity contribution >= 4 is 35.0 Å². The molecule has 1 aliphatic heterocycles. The average Bonchev–Trinajstić information content (AvgIpc) is 3.17. The van der Waals surface area contributed by atoms with Crippen LogP contribution in [0.2, 0.25) is 0 Å². The van der Waals surface area contributed by atoms with Gasteiger partial charge in [-0.25, -0.2) is 4.79 Å². The lowest BCUT2D eigenvalue weighted by Crippen LogP contribution is -2.41. The third-order valence-corrected chi connectivity index (χ3v) is 5.05. The van der Waals surface area contributed by atoms with Crippen LogP contribution in [-0.2, 0) is 4.79 Å². The third-order valence-electron chi connectivity index (χ3n) is 3.15. The third kappa shape index (κ3) is 2.23. The van der Waals surface area contributed by atoms with E-state index in [1.807, 2.05) is 40.5 Å². The molecule has 1 amide bonds. The predicted molar refractivity (Wildman–Crippen MR) is 78.6 cm³/mol. The second kappa shape index (κ2) is 5.34. The summed E-state index contributed by atoms with van der Waals surface area (Å²) in [6, 6.07) is 4.92. The van der Waals surface area contributed by atoms with Gasteiger partial charge in [-0.1, -0.05) is 0 Å². The Bertz CT molecular complexity index is 636. The van der Waals surface area contributed by atoms with Gasteiger partial charge in [0, 0.05) is 18.1 Å². The Morgan fingerprint density at radius 2 is 2.05 bits per heavy atom. The highest BCUT2D eigenvalue weighted by molar-refractivity contribution is 7.99. The number of hydrogen-bond acceptors (Lipinski definition) is 4. The van der Waals surface area contributed by atoms with Crippen LogP contribution in [-0.4, -0.2) is 44.1 Å². The van der Waals surface area contributed by atoms with E-state index in [0.29, 0.717) is 16.5 Å². The Morgan fingerprint density at radius 1 is 1.30 bits per heavy atom. The normalized spacial score (nSPS) is 18.4. The molecule has 1 unspecified atom stereocenters. The molecule has 20 heavy (non-hydrogen) atoms. The summed E-state index contributed by atoms with van der Waals surface area (Å²) in [7, 11) is 0. The summed E-state index contributed by atoms with van der Waals surface area (Å²) < 4.78 is 1.86. The predicted octanol–water partition coefficient (Wildman–Crippen LogP) is 2.14. The van der Waals surface area contributed by atoms with Crippen LogP contribution in [0, 0.1) is 0 Å². The fourth-order valence-electron chi connectivity index (χ4n) is 2.14. The standard InChI is InChI=1S/C13H12N2O3S2/c16-12(15-8-19-7-10(15)13(17)18)11-9(3-6-20-11)14-4-1-2-5-14/h1-6,10H,7-8H2,(H,17,18). The lowest BCUT2D eigenvalue weighted by Gasteiger charge is -2.20. The fourth-order valence-corrected chi connectivity index (χ4v) is 4.13. The fraction of sp³-hybridized carbons (Fsp3) is 0.231. The van der Waals surface area contributed by atoms with Crippen molar-refractivity contribution in [1.29, 1.82) is 0 Å². The van der Waals surface area contributed by atoms with Gasteiger partial charge in [-0.05, 0) is 23.6 Å². The molecular formula is C13H12N2O3S2. The van der Waals surface area contributed by atoms with Crippen LogP contribution in [0.25, 0.3) is 5.69 Å². The molecule has 1 atom stereocenters. The molecular weight excluding hydrogens is 296 g/mol. The maximum absolute atomic E-state index is 12.6. The zero-order chi connectivity index (χ0) is 14.1. The van der Waals surface area contributed by atoms with Crippen LogP contribution in [0.15, 0.2) is 36.0 Å². The summed E-state index contributed by atoms with van der Waals surface area (Å²) in [5.41, 5.74) is 0.797. The molecule has 1 fully saturated rings. The van der Waals surface area contributed by atoms with Crippen LogP contribution in [0.1, 0.15) is 9.67 Å². The minimum atomic E-state index is -0.942. The van der Waals surface area contributed by atoms with E-state index in [4.69, 9.17) is 0 Å². The Morgan fingerprint density at radius 3 is 2.75 bits per heavy atom. The van der Waals surface area contributed by atoms with Gasteiger partial charge in [0.05, 0.1) is 11.6 Å². The second-order valence-corrected chi connectivity index (χ2v) is 6.27. The number of nitrogens with zero attached hydrogens (tertiary/aromatic N) is 2. The number of thiophene rings is 1. The summed E-state index contributed by atoms with van der Waals surface area (Å²) in [4.78, 5) is 25.8. The number of hydrogen-bond donors (Lipinski definition) is 1. The summed E-state index contributed by atoms with van der Waals surface area (Å²) in [6.07, 6.45) is 3.73. The van der Waals surface area contributed by atoms with Crippen LogP contribution in [0.4, 0.5) is 0 Å². The van der Waals surface area contributed by atoms with Crippen molar-refractivity contribution in [3.63, 3.8) is 0 Å². The first-order valence-electron chi connectivity index (χ1n) is 6.01. The molecule has 0 radical (unpaired) electrons. The van der Waals surface area contributed by atoms with Gasteiger partial charge in [0.25, 0.3) is 5.91 Å². The van der Waals surface area contributed by atoms with Crippen LogP contribution in [0.5, 0.6) is 0 Å². The van der Waals surface area contributed by atoms with E-state index in [0.717, 1.165) is 5.69 Å². The number of aliphatic carboxylic acids is 1. The molecule has 2 aromatic rings. The van der Waals surface area contributed by atoms with Crippen molar-refractivity contribution in [3.8, 4) is 5.69 Å². The number of thioether (sulfide) groups is 1. The van der Waals surface area contributed by atoms with Gasteiger partial charge in [-0.3, -0.25) is 4.79 Å². The van der Waals surface area contributed by atoms with Gasteiger partial charge in [-0.15, -0.1) is 23.1 Å². The summed E-state index contributed by atoms with van der Waals surface area (Å²) in [5.74, 6) is -0.270. The van der Waals surface area contributed by atoms with Crippen molar-refractivity contribution < 1.29 is 14.7 Å². The van der Waals surface area contributed by atoms with Crippen molar-refractivity contribution in [2.75, 3.05) is 11.6 Å². The Hall–Kier alpha value is -1.73. The quantitative estimate of drug-likeness (QED) is 0.943. The van der Waals surface area contributed by atoms with E-state index in [1.54, 1.807) is 0 Å². The minimum Gasteiger partial charge on any atom is -0.480 e. The molecule has 0 aliphatic carbocycles. The summed E-state index contributed by atoms with van der Waals surface area (Å²) in [5, 5.41) is 11.0. The Labute approximate surface area is 123 Å². The number of amides is 1. The van der Waals surface area contributed by atoms with E-state index in [-0.39, 0.29) is 5.91 Å². The Kier molecular flexibility index (Phi) is 3.54. The molecule has 0 aromatic carbocycles. The molecule has 5 nitrogen and oxygen atoms in total.